The van der Waals surface area contributed by atoms with Crippen molar-refractivity contribution >= 4 is 27.7 Å². The first-order valence-electron chi connectivity index (χ1n) is 8.22. The third-order valence-corrected chi connectivity index (χ3v) is 4.36. The van der Waals surface area contributed by atoms with Gasteiger partial charge in [-0.15, -0.1) is 0 Å². The quantitative estimate of drug-likeness (QED) is 0.302. The van der Waals surface area contributed by atoms with E-state index in [9.17, 15) is 32.7 Å². The minimum Gasteiger partial charge on any atom is -0.462 e. The molecule has 0 fully saturated rings. The Labute approximate surface area is 165 Å². The lowest BCUT2D eigenvalue weighted by Gasteiger charge is -2.14. The Morgan fingerprint density at radius 1 is 1.07 bits per heavy atom. The molecular weight excluding hydrogens is 408 g/mol. The predicted molar refractivity (Wildman–Crippen MR) is 98.1 cm³/mol. The predicted octanol–water partition coefficient (Wildman–Crippen LogP) is 2.26. The highest BCUT2D eigenvalue weighted by molar-refractivity contribution is 7.85. The second-order valence-corrected chi connectivity index (χ2v) is 6.74. The van der Waals surface area contributed by atoms with Crippen molar-refractivity contribution in [3.8, 4) is 11.3 Å². The highest BCUT2D eigenvalue weighted by atomic mass is 32.2. The number of benzene rings is 1. The summed E-state index contributed by atoms with van der Waals surface area (Å²) in [5.41, 5.74) is -3.47. The van der Waals surface area contributed by atoms with Crippen molar-refractivity contribution in [2.24, 2.45) is 0 Å². The smallest absolute Gasteiger partial charge is 0.346 e. The molecule has 2 rings (SSSR count). The number of aromatic nitrogens is 1. The molecule has 1 heterocycles. The van der Waals surface area contributed by atoms with Crippen LogP contribution in [-0.2, 0) is 19.6 Å². The monoisotopic (exact) mass is 424 g/mol. The Hall–Kier alpha value is -3.38. The number of hydrogen-bond acceptors (Lipinski definition) is 9. The molecule has 1 N–H and O–H groups in total. The third-order valence-electron chi connectivity index (χ3n) is 3.57. The normalized spacial score (nSPS) is 11.0. The summed E-state index contributed by atoms with van der Waals surface area (Å²) in [7, 11) is -5.18. The van der Waals surface area contributed by atoms with Crippen molar-refractivity contribution in [1.82, 2.24) is 4.98 Å². The first kappa shape index (κ1) is 21.9. The molecule has 0 aliphatic heterocycles. The second kappa shape index (κ2) is 8.75. The zero-order valence-electron chi connectivity index (χ0n) is 15.3. The standard InChI is InChI=1S/C17H16N2O9S/c1-3-27-16(20)11-12(17(21)28-4-2)15(29(24,25)26)18-13(14(11)19(22)23)10-8-6-5-7-9-10/h5-9H,3-4H2,1-2H3,(H,24,25,26). The molecule has 0 bridgehead atoms. The number of carbonyl (C=O) groups is 2. The Balaban J connectivity index is 3.10. The fraction of sp³-hybridized carbons (Fsp3) is 0.235. The number of pyridine rings is 1. The van der Waals surface area contributed by atoms with Crippen molar-refractivity contribution < 1.29 is 37.0 Å². The van der Waals surface area contributed by atoms with E-state index in [0.717, 1.165) is 0 Å². The van der Waals surface area contributed by atoms with Gasteiger partial charge in [0, 0.05) is 5.56 Å². The maximum Gasteiger partial charge on any atom is 0.346 e. The van der Waals surface area contributed by atoms with Gasteiger partial charge in [0.25, 0.3) is 0 Å². The highest BCUT2D eigenvalue weighted by Gasteiger charge is 2.40. The van der Waals surface area contributed by atoms with Crippen molar-refractivity contribution in [3.63, 3.8) is 0 Å². The molecule has 0 spiro atoms. The molecule has 0 aliphatic carbocycles. The van der Waals surface area contributed by atoms with Crippen molar-refractivity contribution in [2.45, 2.75) is 18.9 Å². The van der Waals surface area contributed by atoms with E-state index >= 15 is 0 Å². The summed E-state index contributed by atoms with van der Waals surface area (Å²) >= 11 is 0. The summed E-state index contributed by atoms with van der Waals surface area (Å²) in [5.74, 6) is -2.73. The first-order valence-corrected chi connectivity index (χ1v) is 9.66. The van der Waals surface area contributed by atoms with Crippen LogP contribution in [0.2, 0.25) is 0 Å². The van der Waals surface area contributed by atoms with Gasteiger partial charge in [-0.05, 0) is 13.8 Å². The summed E-state index contributed by atoms with van der Waals surface area (Å²) in [6, 6.07) is 7.34. The van der Waals surface area contributed by atoms with E-state index in [1.807, 2.05) is 0 Å². The fourth-order valence-electron chi connectivity index (χ4n) is 2.51. The van der Waals surface area contributed by atoms with Crippen molar-refractivity contribution in [2.75, 3.05) is 13.2 Å². The summed E-state index contributed by atoms with van der Waals surface area (Å²) < 4.78 is 43.0. The molecule has 12 heteroatoms. The van der Waals surface area contributed by atoms with Crippen LogP contribution in [0.4, 0.5) is 5.69 Å². The van der Waals surface area contributed by atoms with Crippen molar-refractivity contribution in [1.29, 1.82) is 0 Å². The van der Waals surface area contributed by atoms with Crippen LogP contribution in [0.3, 0.4) is 0 Å². The number of ether oxygens (including phenoxy) is 2. The van der Waals surface area contributed by atoms with Gasteiger partial charge in [0.05, 0.1) is 18.1 Å². The van der Waals surface area contributed by atoms with E-state index in [1.165, 1.54) is 38.1 Å². The summed E-state index contributed by atoms with van der Waals surface area (Å²) in [4.78, 5) is 39.4. The molecule has 29 heavy (non-hydrogen) atoms. The fourth-order valence-corrected chi connectivity index (χ4v) is 3.16. The van der Waals surface area contributed by atoms with E-state index in [2.05, 4.69) is 4.98 Å². The van der Waals surface area contributed by atoms with Gasteiger partial charge in [0.2, 0.25) is 0 Å². The maximum absolute atomic E-state index is 12.5. The lowest BCUT2D eigenvalue weighted by atomic mass is 10.0. The van der Waals surface area contributed by atoms with Crippen LogP contribution in [-0.4, -0.2) is 48.0 Å². The number of rotatable bonds is 7. The molecule has 0 radical (unpaired) electrons. The van der Waals surface area contributed by atoms with E-state index in [1.54, 1.807) is 6.07 Å². The van der Waals surface area contributed by atoms with Gasteiger partial charge in [-0.2, -0.15) is 8.42 Å². The summed E-state index contributed by atoms with van der Waals surface area (Å²) in [6.45, 7) is 2.36. The summed E-state index contributed by atoms with van der Waals surface area (Å²) in [5, 5.41) is 10.6. The lowest BCUT2D eigenvalue weighted by Crippen LogP contribution is -2.22. The largest absolute Gasteiger partial charge is 0.462 e. The number of nitro groups is 1. The molecule has 0 saturated carbocycles. The van der Waals surface area contributed by atoms with E-state index in [0.29, 0.717) is 0 Å². The van der Waals surface area contributed by atoms with Gasteiger partial charge in [-0.3, -0.25) is 14.7 Å². The van der Waals surface area contributed by atoms with Crippen LogP contribution in [0.5, 0.6) is 0 Å². The molecule has 1 aromatic carbocycles. The molecule has 11 nitrogen and oxygen atoms in total. The first-order chi connectivity index (χ1) is 13.6. The van der Waals surface area contributed by atoms with Crippen LogP contribution in [0.1, 0.15) is 34.6 Å². The maximum atomic E-state index is 12.5. The minimum atomic E-state index is -5.18. The average Bonchev–Trinajstić information content (AvgIpc) is 2.66. The molecule has 154 valence electrons. The van der Waals surface area contributed by atoms with Gasteiger partial charge in [-0.25, -0.2) is 14.6 Å². The number of hydrogen-bond donors (Lipinski definition) is 1. The molecule has 0 amide bonds. The van der Waals surface area contributed by atoms with Gasteiger partial charge in [0.1, 0.15) is 5.56 Å². The Morgan fingerprint density at radius 2 is 1.59 bits per heavy atom. The van der Waals surface area contributed by atoms with Gasteiger partial charge in [0.15, 0.2) is 16.3 Å². The SMILES string of the molecule is CCOC(=O)c1c(S(=O)(=O)O)nc(-c2ccccc2)c([N+](=O)[O-])c1C(=O)OCC. The van der Waals surface area contributed by atoms with Crippen LogP contribution in [0.25, 0.3) is 11.3 Å². The number of nitrogens with zero attached hydrogens (tertiary/aromatic N) is 2. The highest BCUT2D eigenvalue weighted by Crippen LogP contribution is 2.37. The Morgan fingerprint density at radius 3 is 2.03 bits per heavy atom. The van der Waals surface area contributed by atoms with E-state index in [-0.39, 0.29) is 18.8 Å². The zero-order valence-corrected chi connectivity index (χ0v) is 16.1. The molecule has 0 atom stereocenters. The molecule has 0 aliphatic rings. The topological polar surface area (TPSA) is 163 Å². The zero-order chi connectivity index (χ0) is 21.8. The minimum absolute atomic E-state index is 0.0741. The summed E-state index contributed by atoms with van der Waals surface area (Å²) in [6.07, 6.45) is 0. The molecule has 0 saturated heterocycles. The molecule has 1 aromatic heterocycles. The van der Waals surface area contributed by atoms with Gasteiger partial charge in [-0.1, -0.05) is 30.3 Å². The van der Waals surface area contributed by atoms with Crippen molar-refractivity contribution in [3.05, 3.63) is 51.6 Å². The van der Waals surface area contributed by atoms with E-state index in [4.69, 9.17) is 9.47 Å². The van der Waals surface area contributed by atoms with Crippen LogP contribution >= 0.6 is 0 Å². The van der Waals surface area contributed by atoms with Gasteiger partial charge >= 0.3 is 27.7 Å². The van der Waals surface area contributed by atoms with E-state index < -0.39 is 54.5 Å². The Bertz CT molecular complexity index is 1070. The van der Waals surface area contributed by atoms with Crippen LogP contribution in [0, 0.1) is 10.1 Å². The second-order valence-electron chi connectivity index (χ2n) is 5.40. The number of carbonyl (C=O) groups excluding carboxylic acids is 2. The molecular formula is C17H16N2O9S. The third kappa shape index (κ3) is 4.55. The van der Waals surface area contributed by atoms with Gasteiger partial charge < -0.3 is 9.47 Å². The van der Waals surface area contributed by atoms with Crippen LogP contribution in [0.15, 0.2) is 35.4 Å². The average molecular weight is 424 g/mol. The lowest BCUT2D eigenvalue weighted by molar-refractivity contribution is -0.384. The van der Waals surface area contributed by atoms with Crippen LogP contribution < -0.4 is 0 Å². The Kier molecular flexibility index (Phi) is 6.61. The molecule has 0 unspecified atom stereocenters. The molecule has 2 aromatic rings. The number of esters is 2.